The van der Waals surface area contributed by atoms with Crippen molar-refractivity contribution < 1.29 is 5.21 Å². The first-order valence-corrected chi connectivity index (χ1v) is 6.30. The van der Waals surface area contributed by atoms with Crippen molar-refractivity contribution in [1.82, 2.24) is 10.3 Å². The van der Waals surface area contributed by atoms with Crippen LogP contribution in [0.3, 0.4) is 0 Å². The minimum Gasteiger partial charge on any atom is -0.409 e. The first-order valence-electron chi connectivity index (χ1n) is 4.91. The fraction of sp³-hybridized carbons (Fsp3) is 0.400. The van der Waals surface area contributed by atoms with Gasteiger partial charge in [-0.05, 0) is 17.9 Å². The molecule has 16 heavy (non-hydrogen) atoms. The molecule has 0 aliphatic carbocycles. The van der Waals surface area contributed by atoms with E-state index in [9.17, 15) is 0 Å². The van der Waals surface area contributed by atoms with Gasteiger partial charge < -0.3 is 16.3 Å². The van der Waals surface area contributed by atoms with Crippen molar-refractivity contribution in [1.29, 1.82) is 0 Å². The van der Waals surface area contributed by atoms with Crippen LogP contribution in [-0.2, 0) is 6.54 Å². The van der Waals surface area contributed by atoms with E-state index in [4.69, 9.17) is 10.9 Å². The van der Waals surface area contributed by atoms with Crippen molar-refractivity contribution in [2.75, 3.05) is 18.6 Å². The summed E-state index contributed by atoms with van der Waals surface area (Å²) < 4.78 is 0. The largest absolute Gasteiger partial charge is 0.409 e. The molecule has 0 aliphatic rings. The molecule has 0 saturated heterocycles. The summed E-state index contributed by atoms with van der Waals surface area (Å²) >= 11 is 1.79. The summed E-state index contributed by atoms with van der Waals surface area (Å²) in [5.41, 5.74) is 6.99. The minimum atomic E-state index is 0.0438. The molecule has 0 aromatic carbocycles. The molecule has 0 bridgehead atoms. The zero-order valence-electron chi connectivity index (χ0n) is 9.18. The second-order valence-electron chi connectivity index (χ2n) is 3.17. The molecule has 5 nitrogen and oxygen atoms in total. The summed E-state index contributed by atoms with van der Waals surface area (Å²) in [5, 5.41) is 14.9. The summed E-state index contributed by atoms with van der Waals surface area (Å²) in [5.74, 6) is 1.10. The highest BCUT2D eigenvalue weighted by atomic mass is 32.2. The predicted molar refractivity (Wildman–Crippen MR) is 66.8 cm³/mol. The number of amidine groups is 1. The first kappa shape index (κ1) is 12.8. The lowest BCUT2D eigenvalue weighted by Gasteiger charge is -2.07. The standard InChI is InChI=1S/C10H16N4OS/c1-16-6-5-12-7-8-3-2-4-13-9(8)10(11)14-15/h2-4,12,15H,5-7H2,1H3,(H2,11,14). The van der Waals surface area contributed by atoms with Crippen LogP contribution in [0.4, 0.5) is 0 Å². The molecule has 0 atom stereocenters. The Bertz CT molecular complexity index is 356. The third kappa shape index (κ3) is 3.71. The Morgan fingerprint density at radius 1 is 1.69 bits per heavy atom. The highest BCUT2D eigenvalue weighted by Gasteiger charge is 2.06. The van der Waals surface area contributed by atoms with E-state index in [1.54, 1.807) is 18.0 Å². The van der Waals surface area contributed by atoms with Crippen LogP contribution in [0.1, 0.15) is 11.3 Å². The van der Waals surface area contributed by atoms with Crippen LogP contribution >= 0.6 is 11.8 Å². The van der Waals surface area contributed by atoms with E-state index < -0.39 is 0 Å². The van der Waals surface area contributed by atoms with Gasteiger partial charge in [0, 0.05) is 25.0 Å². The van der Waals surface area contributed by atoms with Crippen molar-refractivity contribution in [2.24, 2.45) is 10.9 Å². The van der Waals surface area contributed by atoms with Crippen LogP contribution in [0.25, 0.3) is 0 Å². The molecule has 6 heteroatoms. The van der Waals surface area contributed by atoms with Gasteiger partial charge in [0.25, 0.3) is 0 Å². The molecule has 0 aliphatic heterocycles. The topological polar surface area (TPSA) is 83.5 Å². The molecule has 0 fully saturated rings. The summed E-state index contributed by atoms with van der Waals surface area (Å²) in [4.78, 5) is 4.09. The molecular weight excluding hydrogens is 224 g/mol. The third-order valence-corrected chi connectivity index (χ3v) is 2.65. The van der Waals surface area contributed by atoms with Crippen molar-refractivity contribution in [3.8, 4) is 0 Å². The number of oxime groups is 1. The summed E-state index contributed by atoms with van der Waals surface area (Å²) in [6.07, 6.45) is 3.69. The Kier molecular flexibility index (Phi) is 5.66. The first-order chi connectivity index (χ1) is 7.79. The summed E-state index contributed by atoms with van der Waals surface area (Å²) in [7, 11) is 0. The number of thioether (sulfide) groups is 1. The smallest absolute Gasteiger partial charge is 0.189 e. The van der Waals surface area contributed by atoms with Crippen LogP contribution in [0.15, 0.2) is 23.5 Å². The Morgan fingerprint density at radius 2 is 2.50 bits per heavy atom. The van der Waals surface area contributed by atoms with E-state index in [1.165, 1.54) is 0 Å². The SMILES string of the molecule is CSCCNCc1cccnc1C(N)=NO. The van der Waals surface area contributed by atoms with Gasteiger partial charge in [0.15, 0.2) is 5.84 Å². The molecule has 1 aromatic heterocycles. The van der Waals surface area contributed by atoms with Gasteiger partial charge in [0.1, 0.15) is 5.69 Å². The van der Waals surface area contributed by atoms with Crippen molar-refractivity contribution in [3.63, 3.8) is 0 Å². The second kappa shape index (κ2) is 7.08. The number of hydrogen-bond donors (Lipinski definition) is 3. The minimum absolute atomic E-state index is 0.0438. The summed E-state index contributed by atoms with van der Waals surface area (Å²) in [6.45, 7) is 1.59. The number of aromatic nitrogens is 1. The number of nitrogens with zero attached hydrogens (tertiary/aromatic N) is 2. The average molecular weight is 240 g/mol. The number of nitrogens with two attached hydrogens (primary N) is 1. The molecule has 0 amide bonds. The number of pyridine rings is 1. The average Bonchev–Trinajstić information content (AvgIpc) is 2.34. The van der Waals surface area contributed by atoms with Crippen LogP contribution in [0.5, 0.6) is 0 Å². The van der Waals surface area contributed by atoms with Gasteiger partial charge in [-0.2, -0.15) is 11.8 Å². The van der Waals surface area contributed by atoms with Crippen LogP contribution in [-0.4, -0.2) is 34.6 Å². The van der Waals surface area contributed by atoms with Gasteiger partial charge in [-0.15, -0.1) is 0 Å². The van der Waals surface area contributed by atoms with Crippen molar-refractivity contribution in [2.45, 2.75) is 6.54 Å². The highest BCUT2D eigenvalue weighted by molar-refractivity contribution is 7.98. The van der Waals surface area contributed by atoms with Crippen molar-refractivity contribution >= 4 is 17.6 Å². The molecule has 1 aromatic rings. The molecule has 0 saturated carbocycles. The third-order valence-electron chi connectivity index (χ3n) is 2.04. The predicted octanol–water partition coefficient (Wildman–Crippen LogP) is 0.629. The molecule has 0 spiro atoms. The molecule has 0 unspecified atom stereocenters. The fourth-order valence-corrected chi connectivity index (χ4v) is 1.60. The van der Waals surface area contributed by atoms with E-state index in [0.29, 0.717) is 12.2 Å². The van der Waals surface area contributed by atoms with Gasteiger partial charge in [0.05, 0.1) is 0 Å². The van der Waals surface area contributed by atoms with E-state index in [1.807, 2.05) is 12.1 Å². The lowest BCUT2D eigenvalue weighted by molar-refractivity contribution is 0.318. The Balaban J connectivity index is 2.64. The molecule has 0 radical (unpaired) electrons. The fourth-order valence-electron chi connectivity index (χ4n) is 1.26. The monoisotopic (exact) mass is 240 g/mol. The maximum atomic E-state index is 8.62. The molecule has 1 heterocycles. The Hall–Kier alpha value is -1.27. The van der Waals surface area contributed by atoms with E-state index in [2.05, 4.69) is 21.7 Å². The maximum Gasteiger partial charge on any atom is 0.189 e. The Morgan fingerprint density at radius 3 is 3.19 bits per heavy atom. The van der Waals surface area contributed by atoms with Crippen molar-refractivity contribution in [3.05, 3.63) is 29.6 Å². The lowest BCUT2D eigenvalue weighted by Crippen LogP contribution is -2.22. The normalized spacial score (nSPS) is 11.7. The molecule has 4 N–H and O–H groups in total. The zero-order valence-corrected chi connectivity index (χ0v) is 10.00. The maximum absolute atomic E-state index is 8.62. The second-order valence-corrected chi connectivity index (χ2v) is 4.15. The quantitative estimate of drug-likeness (QED) is 0.223. The molecular formula is C10H16N4OS. The van der Waals surface area contributed by atoms with E-state index in [0.717, 1.165) is 17.9 Å². The van der Waals surface area contributed by atoms with E-state index in [-0.39, 0.29) is 5.84 Å². The lowest BCUT2D eigenvalue weighted by atomic mass is 10.2. The number of nitrogens with one attached hydrogen (secondary N) is 1. The van der Waals surface area contributed by atoms with Gasteiger partial charge in [-0.1, -0.05) is 11.2 Å². The summed E-state index contributed by atoms with van der Waals surface area (Å²) in [6, 6.07) is 3.74. The Labute approximate surface area is 99.1 Å². The molecule has 88 valence electrons. The number of rotatable bonds is 6. The zero-order chi connectivity index (χ0) is 11.8. The highest BCUT2D eigenvalue weighted by Crippen LogP contribution is 2.04. The molecule has 1 rings (SSSR count). The van der Waals surface area contributed by atoms with Crippen LogP contribution in [0.2, 0.25) is 0 Å². The van der Waals surface area contributed by atoms with E-state index >= 15 is 0 Å². The van der Waals surface area contributed by atoms with Crippen LogP contribution < -0.4 is 11.1 Å². The number of hydrogen-bond acceptors (Lipinski definition) is 5. The van der Waals surface area contributed by atoms with Gasteiger partial charge in [0.2, 0.25) is 0 Å². The van der Waals surface area contributed by atoms with Gasteiger partial charge >= 0.3 is 0 Å². The van der Waals surface area contributed by atoms with Gasteiger partial charge in [-0.3, -0.25) is 4.98 Å². The van der Waals surface area contributed by atoms with Crippen LogP contribution in [0, 0.1) is 0 Å². The van der Waals surface area contributed by atoms with Gasteiger partial charge in [-0.25, -0.2) is 0 Å².